The van der Waals surface area contributed by atoms with E-state index in [0.717, 1.165) is 24.6 Å². The zero-order valence-corrected chi connectivity index (χ0v) is 16.5. The van der Waals surface area contributed by atoms with Gasteiger partial charge in [-0.1, -0.05) is 17.7 Å². The van der Waals surface area contributed by atoms with Crippen LogP contribution in [0.25, 0.3) is 5.57 Å². The van der Waals surface area contributed by atoms with Gasteiger partial charge in [0.1, 0.15) is 5.92 Å². The molecule has 0 unspecified atom stereocenters. The third-order valence-corrected chi connectivity index (χ3v) is 5.81. The number of rotatable bonds is 6. The highest BCUT2D eigenvalue weighted by Gasteiger charge is 2.63. The van der Waals surface area contributed by atoms with Crippen LogP contribution >= 0.6 is 11.6 Å². The molecule has 1 aromatic rings. The maximum Gasteiger partial charge on any atom is 0.260 e. The van der Waals surface area contributed by atoms with Crippen LogP contribution in [0.5, 0.6) is 0 Å². The molecule has 1 aromatic heterocycles. The number of carbonyl (C=O) groups is 1. The second-order valence-corrected chi connectivity index (χ2v) is 7.91. The molecule has 2 fully saturated rings. The van der Waals surface area contributed by atoms with E-state index in [4.69, 9.17) is 17.0 Å². The lowest BCUT2D eigenvalue weighted by Gasteiger charge is -2.34. The quantitative estimate of drug-likeness (QED) is 0.612. The number of allylic oxidation sites excluding steroid dienone is 1. The van der Waals surface area contributed by atoms with Gasteiger partial charge in [-0.25, -0.2) is 18.7 Å². The van der Waals surface area contributed by atoms with Crippen molar-refractivity contribution in [2.24, 2.45) is 5.92 Å². The summed E-state index contributed by atoms with van der Waals surface area (Å²) in [5.74, 6) is -4.18. The van der Waals surface area contributed by atoms with Crippen LogP contribution in [-0.2, 0) is 4.79 Å². The van der Waals surface area contributed by atoms with E-state index < -0.39 is 17.7 Å². The fourth-order valence-electron chi connectivity index (χ4n) is 4.06. The molecule has 154 valence electrons. The molecule has 4 rings (SSSR count). The number of anilines is 1. The van der Waals surface area contributed by atoms with Gasteiger partial charge in [-0.3, -0.25) is 4.79 Å². The van der Waals surface area contributed by atoms with Gasteiger partial charge in [0.05, 0.1) is 28.7 Å². The number of hydrogen-bond donors (Lipinski definition) is 3. The Bertz CT molecular complexity index is 918. The summed E-state index contributed by atoms with van der Waals surface area (Å²) in [7, 11) is 1.71. The molecule has 1 aliphatic carbocycles. The number of halogens is 3. The molecule has 1 saturated carbocycles. The molecule has 3 atom stereocenters. The van der Waals surface area contributed by atoms with Crippen molar-refractivity contribution >= 4 is 35.2 Å². The molecule has 10 heteroatoms. The zero-order chi connectivity index (χ0) is 20.8. The van der Waals surface area contributed by atoms with Crippen molar-refractivity contribution in [2.45, 2.75) is 43.7 Å². The van der Waals surface area contributed by atoms with Crippen LogP contribution in [0.3, 0.4) is 0 Å². The van der Waals surface area contributed by atoms with E-state index in [1.165, 1.54) is 6.20 Å². The molecule has 1 amide bonds. The molecule has 0 radical (unpaired) electrons. The minimum atomic E-state index is -2.86. The number of nitrogens with one attached hydrogen (secondary N) is 3. The highest BCUT2D eigenvalue weighted by molar-refractivity contribution is 6.32. The monoisotopic (exact) mass is 422 g/mol. The summed E-state index contributed by atoms with van der Waals surface area (Å²) in [6.45, 7) is 0. The molecule has 0 spiro atoms. The van der Waals surface area contributed by atoms with Crippen LogP contribution in [0.1, 0.15) is 31.4 Å². The first-order chi connectivity index (χ1) is 13.8. The molecular weight excluding hydrogens is 402 g/mol. The second-order valence-electron chi connectivity index (χ2n) is 7.51. The van der Waals surface area contributed by atoms with E-state index in [1.54, 1.807) is 18.1 Å². The minimum Gasteiger partial charge on any atom is -0.392 e. The molecule has 3 heterocycles. The lowest BCUT2D eigenvalue weighted by molar-refractivity contribution is -0.137. The Balaban J connectivity index is 1.57. The Morgan fingerprint density at radius 2 is 2.21 bits per heavy atom. The van der Waals surface area contributed by atoms with Crippen LogP contribution in [-0.4, -0.2) is 52.0 Å². The molecule has 29 heavy (non-hydrogen) atoms. The predicted molar refractivity (Wildman–Crippen MR) is 106 cm³/mol. The van der Waals surface area contributed by atoms with E-state index in [9.17, 15) is 13.6 Å². The number of nitrogens with zero attached hydrogens (tertiary/aromatic N) is 3. The summed E-state index contributed by atoms with van der Waals surface area (Å²) in [6, 6.07) is -0.330. The fraction of sp³-hybridized carbons (Fsp3) is 0.474. The summed E-state index contributed by atoms with van der Waals surface area (Å²) < 4.78 is 26.7. The largest absolute Gasteiger partial charge is 0.392 e. The van der Waals surface area contributed by atoms with Gasteiger partial charge in [0.2, 0.25) is 11.9 Å². The lowest BCUT2D eigenvalue weighted by Crippen LogP contribution is -2.44. The maximum atomic E-state index is 13.4. The van der Waals surface area contributed by atoms with Gasteiger partial charge in [0.15, 0.2) is 0 Å². The van der Waals surface area contributed by atoms with E-state index in [-0.39, 0.29) is 18.5 Å². The van der Waals surface area contributed by atoms with Gasteiger partial charge in [-0.05, 0) is 24.8 Å². The van der Waals surface area contributed by atoms with Crippen LogP contribution in [0.2, 0.25) is 5.02 Å². The first kappa shape index (κ1) is 19.8. The van der Waals surface area contributed by atoms with Crippen molar-refractivity contribution in [3.05, 3.63) is 34.9 Å². The van der Waals surface area contributed by atoms with E-state index in [2.05, 4.69) is 20.6 Å². The van der Waals surface area contributed by atoms with E-state index >= 15 is 0 Å². The summed E-state index contributed by atoms with van der Waals surface area (Å²) in [6.07, 6.45) is 7.81. The standard InChI is InChI=1S/C19H21ClF2N6O/c1-24-8-11(7-23)26-18-25-9-15(20)16(27-18)10-4-12-2-3-13(5-10)28(12)17(29)14-6-19(14,21)22/h4,7-9,12-14,23-24H,2-3,5-6H2,1H3,(H,25,26,27)/b11-8+,23-7?/t12-,13+,14+/m1/s1. The molecular formula is C19H21ClF2N6O. The van der Waals surface area contributed by atoms with E-state index in [0.29, 0.717) is 28.8 Å². The number of alkyl halides is 2. The highest BCUT2D eigenvalue weighted by Crippen LogP contribution is 2.51. The van der Waals surface area contributed by atoms with Crippen molar-refractivity contribution in [3.8, 4) is 0 Å². The zero-order valence-electron chi connectivity index (χ0n) is 15.8. The Hall–Kier alpha value is -2.55. The van der Waals surface area contributed by atoms with Crippen LogP contribution < -0.4 is 10.6 Å². The molecule has 3 N–H and O–H groups in total. The normalized spacial score (nSPS) is 27.3. The number of hydrogen-bond acceptors (Lipinski definition) is 6. The van der Waals surface area contributed by atoms with Crippen molar-refractivity contribution in [1.82, 2.24) is 20.2 Å². The number of fused-ring (bicyclic) bond motifs is 2. The summed E-state index contributed by atoms with van der Waals surface area (Å²) in [5.41, 5.74) is 1.91. The molecule has 3 aliphatic rings. The van der Waals surface area contributed by atoms with Gasteiger partial charge in [0, 0.05) is 31.9 Å². The third-order valence-electron chi connectivity index (χ3n) is 5.53. The first-order valence-electron chi connectivity index (χ1n) is 9.42. The Labute approximate surface area is 171 Å². The van der Waals surface area contributed by atoms with Crippen LogP contribution in [0.15, 0.2) is 24.2 Å². The third kappa shape index (κ3) is 3.71. The van der Waals surface area contributed by atoms with Crippen molar-refractivity contribution < 1.29 is 13.6 Å². The Morgan fingerprint density at radius 3 is 2.83 bits per heavy atom. The average molecular weight is 423 g/mol. The van der Waals surface area contributed by atoms with Crippen molar-refractivity contribution in [2.75, 3.05) is 12.4 Å². The van der Waals surface area contributed by atoms with Gasteiger partial charge < -0.3 is 20.9 Å². The van der Waals surface area contributed by atoms with Gasteiger partial charge >= 0.3 is 0 Å². The molecule has 2 bridgehead atoms. The molecule has 2 aliphatic heterocycles. The smallest absolute Gasteiger partial charge is 0.260 e. The molecule has 0 aromatic carbocycles. The Morgan fingerprint density at radius 1 is 1.45 bits per heavy atom. The van der Waals surface area contributed by atoms with Crippen LogP contribution in [0.4, 0.5) is 14.7 Å². The van der Waals surface area contributed by atoms with Gasteiger partial charge in [0.25, 0.3) is 5.92 Å². The SMILES string of the molecule is CN/C=C(\C=N)Nc1ncc(Cl)c(C2=C[C@H]3CC[C@@H](C2)N3C(=O)[C@@H]2CC2(F)F)n1. The minimum absolute atomic E-state index is 0.118. The van der Waals surface area contributed by atoms with Gasteiger partial charge in [-0.15, -0.1) is 0 Å². The van der Waals surface area contributed by atoms with Gasteiger partial charge in [-0.2, -0.15) is 0 Å². The lowest BCUT2D eigenvalue weighted by atomic mass is 9.97. The van der Waals surface area contributed by atoms with E-state index in [1.807, 2.05) is 6.08 Å². The Kier molecular flexibility index (Phi) is 5.02. The summed E-state index contributed by atoms with van der Waals surface area (Å²) in [4.78, 5) is 22.8. The summed E-state index contributed by atoms with van der Waals surface area (Å²) in [5, 5.41) is 13.6. The summed E-state index contributed by atoms with van der Waals surface area (Å²) >= 11 is 6.33. The molecule has 7 nitrogen and oxygen atoms in total. The number of amides is 1. The predicted octanol–water partition coefficient (Wildman–Crippen LogP) is 3.05. The maximum absolute atomic E-state index is 13.4. The number of aromatic nitrogens is 2. The average Bonchev–Trinajstić information content (AvgIpc) is 3.25. The second kappa shape index (κ2) is 7.37. The number of carbonyl (C=O) groups excluding carboxylic acids is 1. The van der Waals surface area contributed by atoms with Crippen LogP contribution in [0, 0.1) is 11.3 Å². The van der Waals surface area contributed by atoms with Crippen molar-refractivity contribution in [1.29, 1.82) is 5.41 Å². The first-order valence-corrected chi connectivity index (χ1v) is 9.80. The topological polar surface area (TPSA) is 94.0 Å². The molecule has 1 saturated heterocycles. The fourth-order valence-corrected chi connectivity index (χ4v) is 4.27. The van der Waals surface area contributed by atoms with Crippen molar-refractivity contribution in [3.63, 3.8) is 0 Å². The highest BCUT2D eigenvalue weighted by atomic mass is 35.5.